The topological polar surface area (TPSA) is 64.1 Å². The Morgan fingerprint density at radius 2 is 1.55 bits per heavy atom. The van der Waals surface area contributed by atoms with Crippen LogP contribution in [0.4, 0.5) is 4.79 Å². The van der Waals surface area contributed by atoms with Crippen LogP contribution in [0.5, 0.6) is 0 Å². The number of benzene rings is 2. The number of alkyl carbamates (subject to hydrolysis) is 1. The smallest absolute Gasteiger partial charge is 0.407 e. The molecule has 0 saturated heterocycles. The van der Waals surface area contributed by atoms with E-state index in [1.54, 1.807) is 6.33 Å². The number of carbonyl (C=O) groups excluding carboxylic acids is 1. The normalized spacial score (nSPS) is 11.7. The lowest BCUT2D eigenvalue weighted by Crippen LogP contribution is -2.35. The second-order valence-electron chi connectivity index (χ2n) is 8.41. The lowest BCUT2D eigenvalue weighted by atomic mass is 10.2. The molecule has 31 heavy (non-hydrogen) atoms. The van der Waals surface area contributed by atoms with Gasteiger partial charge in [-0.3, -0.25) is 0 Å². The van der Waals surface area contributed by atoms with Crippen LogP contribution < -0.4 is 21.4 Å². The molecule has 1 amide bonds. The van der Waals surface area contributed by atoms with Crippen LogP contribution in [0.3, 0.4) is 0 Å². The number of carbonyl (C=O) groups is 1. The number of ether oxygens (including phenoxy) is 1. The Morgan fingerprint density at radius 1 is 0.935 bits per heavy atom. The van der Waals surface area contributed by atoms with Crippen molar-refractivity contribution < 1.29 is 9.53 Å². The predicted molar refractivity (Wildman–Crippen MR) is 129 cm³/mol. The van der Waals surface area contributed by atoms with Crippen molar-refractivity contribution in [3.8, 4) is 0 Å². The third-order valence-corrected chi connectivity index (χ3v) is 9.33. The number of rotatable bonds is 8. The summed E-state index contributed by atoms with van der Waals surface area (Å²) in [5.41, 5.74) is 0.596. The largest absolute Gasteiger partial charge is 0.444 e. The Morgan fingerprint density at radius 3 is 2.06 bits per heavy atom. The van der Waals surface area contributed by atoms with Crippen LogP contribution in [0.2, 0.25) is 0 Å². The molecule has 5 nitrogen and oxygen atoms in total. The van der Waals surface area contributed by atoms with Crippen molar-refractivity contribution in [2.45, 2.75) is 39.2 Å². The van der Waals surface area contributed by atoms with Crippen LogP contribution >= 0.6 is 7.26 Å². The summed E-state index contributed by atoms with van der Waals surface area (Å²) in [4.78, 5) is 20.8. The van der Waals surface area contributed by atoms with E-state index in [1.807, 2.05) is 45.2 Å². The fourth-order valence-corrected chi connectivity index (χ4v) is 7.84. The summed E-state index contributed by atoms with van der Waals surface area (Å²) in [6.07, 6.45) is 5.89. The SMILES string of the molecule is CC(C)(C)OC(=O)NCCCC[P+](c1ccccc1)(c1ccccc1)c1ccncn1. The second kappa shape index (κ2) is 10.5. The molecule has 0 spiro atoms. The van der Waals surface area contributed by atoms with Gasteiger partial charge in [-0.2, -0.15) is 0 Å². The second-order valence-corrected chi connectivity index (χ2v) is 12.0. The summed E-state index contributed by atoms with van der Waals surface area (Å²) in [5.74, 6) is 0. The van der Waals surface area contributed by atoms with Crippen molar-refractivity contribution in [3.63, 3.8) is 0 Å². The van der Waals surface area contributed by atoms with E-state index in [0.717, 1.165) is 24.4 Å². The first-order chi connectivity index (χ1) is 14.9. The maximum atomic E-state index is 11.9. The van der Waals surface area contributed by atoms with Gasteiger partial charge in [-0.1, -0.05) is 36.4 Å². The van der Waals surface area contributed by atoms with E-state index >= 15 is 0 Å². The lowest BCUT2D eigenvalue weighted by molar-refractivity contribution is 0.0527. The highest BCUT2D eigenvalue weighted by molar-refractivity contribution is 7.95. The molecule has 0 aliphatic rings. The molecule has 1 heterocycles. The minimum absolute atomic E-state index is 0.365. The minimum atomic E-state index is -1.95. The van der Waals surface area contributed by atoms with Gasteiger partial charge in [0.25, 0.3) is 0 Å². The molecule has 0 aliphatic carbocycles. The van der Waals surface area contributed by atoms with Gasteiger partial charge in [0.2, 0.25) is 0 Å². The lowest BCUT2D eigenvalue weighted by Gasteiger charge is -2.26. The highest BCUT2D eigenvalue weighted by Gasteiger charge is 2.46. The van der Waals surface area contributed by atoms with Gasteiger partial charge < -0.3 is 10.1 Å². The zero-order valence-corrected chi connectivity index (χ0v) is 19.4. The zero-order valence-electron chi connectivity index (χ0n) is 18.5. The van der Waals surface area contributed by atoms with Crippen molar-refractivity contribution in [1.82, 2.24) is 15.3 Å². The average molecular weight is 437 g/mol. The molecular formula is C25H31N3O2P+. The van der Waals surface area contributed by atoms with Gasteiger partial charge in [0.1, 0.15) is 29.8 Å². The van der Waals surface area contributed by atoms with E-state index < -0.39 is 12.9 Å². The van der Waals surface area contributed by atoms with Crippen LogP contribution in [-0.2, 0) is 4.74 Å². The summed E-state index contributed by atoms with van der Waals surface area (Å²) in [6.45, 7) is 6.19. The van der Waals surface area contributed by atoms with Crippen LogP contribution in [0.15, 0.2) is 79.3 Å². The van der Waals surface area contributed by atoms with E-state index in [0.29, 0.717) is 6.54 Å². The zero-order chi connectivity index (χ0) is 22.2. The number of hydrogen-bond donors (Lipinski definition) is 1. The Bertz CT molecular complexity index is 848. The van der Waals surface area contributed by atoms with Crippen LogP contribution in [0, 0.1) is 0 Å². The van der Waals surface area contributed by atoms with Gasteiger partial charge >= 0.3 is 6.09 Å². The predicted octanol–water partition coefficient (Wildman–Crippen LogP) is 4.08. The van der Waals surface area contributed by atoms with Crippen LogP contribution in [-0.4, -0.2) is 34.4 Å². The Labute approximate surface area is 185 Å². The quantitative estimate of drug-likeness (QED) is 0.427. The summed E-state index contributed by atoms with van der Waals surface area (Å²) in [7, 11) is -1.95. The van der Waals surface area contributed by atoms with Crippen molar-refractivity contribution in [2.24, 2.45) is 0 Å². The molecule has 0 radical (unpaired) electrons. The summed E-state index contributed by atoms with van der Waals surface area (Å²) in [6, 6.07) is 23.4. The van der Waals surface area contributed by atoms with E-state index in [4.69, 9.17) is 9.72 Å². The molecule has 2 aromatic carbocycles. The Kier molecular flexibility index (Phi) is 7.75. The summed E-state index contributed by atoms with van der Waals surface area (Å²) < 4.78 is 5.33. The Hall–Kier alpha value is -2.78. The molecule has 3 aromatic rings. The molecule has 0 atom stereocenters. The van der Waals surface area contributed by atoms with Gasteiger partial charge in [-0.15, -0.1) is 0 Å². The maximum absolute atomic E-state index is 11.9. The summed E-state index contributed by atoms with van der Waals surface area (Å²) >= 11 is 0. The first-order valence-electron chi connectivity index (χ1n) is 10.6. The average Bonchev–Trinajstić information content (AvgIpc) is 2.77. The fourth-order valence-electron chi connectivity index (χ4n) is 3.64. The van der Waals surface area contributed by atoms with Gasteiger partial charge in [0.15, 0.2) is 5.44 Å². The van der Waals surface area contributed by atoms with Gasteiger partial charge in [-0.25, -0.2) is 14.8 Å². The van der Waals surface area contributed by atoms with E-state index in [2.05, 4.69) is 58.8 Å². The van der Waals surface area contributed by atoms with Gasteiger partial charge in [0, 0.05) is 18.8 Å². The molecular weight excluding hydrogens is 405 g/mol. The number of nitrogens with zero attached hydrogens (tertiary/aromatic N) is 2. The molecule has 0 bridgehead atoms. The van der Waals surface area contributed by atoms with Crippen LogP contribution in [0.25, 0.3) is 0 Å². The first-order valence-corrected chi connectivity index (χ1v) is 12.6. The maximum Gasteiger partial charge on any atom is 0.407 e. The number of nitrogens with one attached hydrogen (secondary N) is 1. The molecule has 0 aliphatic heterocycles. The number of hydrogen-bond acceptors (Lipinski definition) is 4. The van der Waals surface area contributed by atoms with E-state index in [9.17, 15) is 4.79 Å². The molecule has 0 saturated carbocycles. The van der Waals surface area contributed by atoms with Crippen molar-refractivity contribution in [3.05, 3.63) is 79.3 Å². The number of amides is 1. The molecule has 1 N–H and O–H groups in total. The fraction of sp³-hybridized carbons (Fsp3) is 0.320. The molecule has 162 valence electrons. The van der Waals surface area contributed by atoms with Gasteiger partial charge in [0.05, 0.1) is 6.16 Å². The van der Waals surface area contributed by atoms with Crippen molar-refractivity contribution in [2.75, 3.05) is 12.7 Å². The third-order valence-electron chi connectivity index (χ3n) is 4.94. The van der Waals surface area contributed by atoms with E-state index in [-0.39, 0.29) is 6.09 Å². The highest BCUT2D eigenvalue weighted by Crippen LogP contribution is 2.55. The standard InChI is InChI=1S/C25H30N3O2P/c1-25(2,3)30-24(29)27-17-10-11-19-31(21-12-6-4-7-13-21,22-14-8-5-9-15-22)23-16-18-26-20-28-23/h4-9,12-16,18,20H,10-11,17,19H2,1-3H3/p+1. The monoisotopic (exact) mass is 436 g/mol. The van der Waals surface area contributed by atoms with Crippen molar-refractivity contribution in [1.29, 1.82) is 0 Å². The summed E-state index contributed by atoms with van der Waals surface area (Å²) in [5, 5.41) is 5.48. The highest BCUT2D eigenvalue weighted by atomic mass is 31.2. The Balaban J connectivity index is 1.83. The van der Waals surface area contributed by atoms with E-state index in [1.165, 1.54) is 10.6 Å². The first kappa shape index (κ1) is 22.9. The minimum Gasteiger partial charge on any atom is -0.444 e. The number of unbranched alkanes of at least 4 members (excludes halogenated alkanes) is 1. The molecule has 0 unspecified atom stereocenters. The molecule has 1 aromatic heterocycles. The molecule has 6 heteroatoms. The molecule has 0 fully saturated rings. The van der Waals surface area contributed by atoms with Crippen molar-refractivity contribution >= 4 is 29.4 Å². The third kappa shape index (κ3) is 6.11. The van der Waals surface area contributed by atoms with Crippen LogP contribution in [0.1, 0.15) is 33.6 Å². The van der Waals surface area contributed by atoms with Gasteiger partial charge in [-0.05, 0) is 57.9 Å². The number of aromatic nitrogens is 2. The molecule has 3 rings (SSSR count).